The van der Waals surface area contributed by atoms with Gasteiger partial charge in [-0.2, -0.15) is 0 Å². The van der Waals surface area contributed by atoms with Crippen LogP contribution < -0.4 is 15.8 Å². The topological polar surface area (TPSA) is 102 Å². The Bertz CT molecular complexity index is 710. The van der Waals surface area contributed by atoms with Gasteiger partial charge in [0.15, 0.2) is 0 Å². The van der Waals surface area contributed by atoms with Gasteiger partial charge in [-0.05, 0) is 38.0 Å². The van der Waals surface area contributed by atoms with Gasteiger partial charge in [-0.1, -0.05) is 12.8 Å². The Kier molecular flexibility index (Phi) is 5.52. The van der Waals surface area contributed by atoms with Gasteiger partial charge in [-0.15, -0.1) is 0 Å². The molecule has 0 unspecified atom stereocenters. The molecule has 1 saturated carbocycles. The molecule has 8 heteroatoms. The molecule has 1 amide bonds. The fourth-order valence-corrected chi connectivity index (χ4v) is 3.80. The molecule has 1 fully saturated rings. The van der Waals surface area contributed by atoms with E-state index in [1.54, 1.807) is 19.1 Å². The lowest BCUT2D eigenvalue weighted by Gasteiger charge is -2.23. The first-order chi connectivity index (χ1) is 11.2. The van der Waals surface area contributed by atoms with E-state index in [0.29, 0.717) is 25.1 Å². The molecular formula is C16H25N3O4S. The molecule has 0 spiro atoms. The second kappa shape index (κ2) is 7.08. The van der Waals surface area contributed by atoms with Gasteiger partial charge >= 0.3 is 0 Å². The lowest BCUT2D eigenvalue weighted by atomic mass is 9.98. The van der Waals surface area contributed by atoms with E-state index < -0.39 is 15.6 Å². The SMILES string of the molecule is CCOc1ccc(NC(=O)C2(N)CCCC2)cc1S(=O)(=O)N(C)C. The van der Waals surface area contributed by atoms with Gasteiger partial charge in [0.05, 0.1) is 12.1 Å². The Labute approximate surface area is 143 Å². The fourth-order valence-electron chi connectivity index (χ4n) is 2.75. The molecule has 1 aliphatic carbocycles. The highest BCUT2D eigenvalue weighted by atomic mass is 32.2. The van der Waals surface area contributed by atoms with Crippen LogP contribution in [0.3, 0.4) is 0 Å². The van der Waals surface area contributed by atoms with Gasteiger partial charge in [0.2, 0.25) is 15.9 Å². The molecule has 1 aromatic rings. The predicted molar refractivity (Wildman–Crippen MR) is 92.5 cm³/mol. The number of sulfonamides is 1. The Morgan fingerprint density at radius 3 is 2.50 bits per heavy atom. The maximum atomic E-state index is 12.5. The van der Waals surface area contributed by atoms with Crippen LogP contribution in [-0.2, 0) is 14.8 Å². The van der Waals surface area contributed by atoms with E-state index in [1.165, 1.54) is 20.2 Å². The van der Waals surface area contributed by atoms with E-state index in [2.05, 4.69) is 5.32 Å². The smallest absolute Gasteiger partial charge is 0.246 e. The van der Waals surface area contributed by atoms with E-state index >= 15 is 0 Å². The van der Waals surface area contributed by atoms with Gasteiger partial charge in [0.1, 0.15) is 10.6 Å². The second-order valence-electron chi connectivity index (χ2n) is 6.20. The van der Waals surface area contributed by atoms with E-state index in [0.717, 1.165) is 17.1 Å². The van der Waals surface area contributed by atoms with Crippen LogP contribution in [0.2, 0.25) is 0 Å². The van der Waals surface area contributed by atoms with Gasteiger partial charge in [-0.25, -0.2) is 12.7 Å². The third kappa shape index (κ3) is 3.71. The molecule has 7 nitrogen and oxygen atoms in total. The number of amides is 1. The molecule has 3 N–H and O–H groups in total. The molecular weight excluding hydrogens is 330 g/mol. The number of nitrogens with two attached hydrogens (primary N) is 1. The zero-order chi connectivity index (χ0) is 18.0. The Hall–Kier alpha value is -1.64. The summed E-state index contributed by atoms with van der Waals surface area (Å²) >= 11 is 0. The van der Waals surface area contributed by atoms with Crippen molar-refractivity contribution < 1.29 is 17.9 Å². The van der Waals surface area contributed by atoms with Crippen LogP contribution in [-0.4, -0.2) is 44.9 Å². The molecule has 0 aromatic heterocycles. The fraction of sp³-hybridized carbons (Fsp3) is 0.562. The van der Waals surface area contributed by atoms with Crippen LogP contribution in [0.1, 0.15) is 32.6 Å². The number of carbonyl (C=O) groups excluding carboxylic acids is 1. The van der Waals surface area contributed by atoms with Crippen molar-refractivity contribution >= 4 is 21.6 Å². The Balaban J connectivity index is 2.34. The predicted octanol–water partition coefficient (Wildman–Crippen LogP) is 1.55. The lowest BCUT2D eigenvalue weighted by Crippen LogP contribution is -2.48. The van der Waals surface area contributed by atoms with E-state index in [9.17, 15) is 13.2 Å². The van der Waals surface area contributed by atoms with Crippen LogP contribution in [0.5, 0.6) is 5.75 Å². The summed E-state index contributed by atoms with van der Waals surface area (Å²) in [6.45, 7) is 2.12. The van der Waals surface area contributed by atoms with Crippen LogP contribution in [0.15, 0.2) is 23.1 Å². The number of nitrogens with one attached hydrogen (secondary N) is 1. The molecule has 1 aromatic carbocycles. The van der Waals surface area contributed by atoms with Crippen molar-refractivity contribution in [3.8, 4) is 5.75 Å². The van der Waals surface area contributed by atoms with Crippen molar-refractivity contribution in [3.63, 3.8) is 0 Å². The maximum absolute atomic E-state index is 12.5. The van der Waals surface area contributed by atoms with Gasteiger partial charge in [0.25, 0.3) is 0 Å². The van der Waals surface area contributed by atoms with Crippen LogP contribution in [0.4, 0.5) is 5.69 Å². The third-order valence-electron chi connectivity index (χ3n) is 4.21. The van der Waals surface area contributed by atoms with Crippen molar-refractivity contribution in [2.24, 2.45) is 5.73 Å². The highest BCUT2D eigenvalue weighted by Crippen LogP contribution is 2.31. The molecule has 2 rings (SSSR count). The van der Waals surface area contributed by atoms with Crippen LogP contribution >= 0.6 is 0 Å². The molecule has 0 aliphatic heterocycles. The number of hydrogen-bond donors (Lipinski definition) is 2. The van der Waals surface area contributed by atoms with Crippen molar-refractivity contribution in [1.82, 2.24) is 4.31 Å². The van der Waals surface area contributed by atoms with Crippen LogP contribution in [0.25, 0.3) is 0 Å². The quantitative estimate of drug-likeness (QED) is 0.806. The number of nitrogens with zero attached hydrogens (tertiary/aromatic N) is 1. The summed E-state index contributed by atoms with van der Waals surface area (Å²) in [5, 5.41) is 2.74. The molecule has 0 radical (unpaired) electrons. The van der Waals surface area contributed by atoms with Gasteiger partial charge in [0, 0.05) is 19.8 Å². The first-order valence-corrected chi connectivity index (χ1v) is 9.44. The zero-order valence-corrected chi connectivity index (χ0v) is 15.1. The normalized spacial score (nSPS) is 17.0. The van der Waals surface area contributed by atoms with E-state index in [4.69, 9.17) is 10.5 Å². The van der Waals surface area contributed by atoms with E-state index in [-0.39, 0.29) is 16.6 Å². The molecule has 0 saturated heterocycles. The Morgan fingerprint density at radius 2 is 1.96 bits per heavy atom. The summed E-state index contributed by atoms with van der Waals surface area (Å²) in [5.74, 6) is -0.0233. The van der Waals surface area contributed by atoms with Crippen molar-refractivity contribution in [2.75, 3.05) is 26.0 Å². The first kappa shape index (κ1) is 18.7. The molecule has 0 bridgehead atoms. The molecule has 134 valence electrons. The summed E-state index contributed by atoms with van der Waals surface area (Å²) in [6.07, 6.45) is 3.12. The largest absolute Gasteiger partial charge is 0.492 e. The van der Waals surface area contributed by atoms with Gasteiger partial charge < -0.3 is 15.8 Å². The summed E-state index contributed by atoms with van der Waals surface area (Å²) in [5.41, 5.74) is 5.65. The van der Waals surface area contributed by atoms with Crippen LogP contribution in [0, 0.1) is 0 Å². The maximum Gasteiger partial charge on any atom is 0.246 e. The number of hydrogen-bond acceptors (Lipinski definition) is 5. The average Bonchev–Trinajstić information content (AvgIpc) is 2.97. The summed E-state index contributed by atoms with van der Waals surface area (Å²) in [4.78, 5) is 12.4. The monoisotopic (exact) mass is 355 g/mol. The number of carbonyl (C=O) groups is 1. The van der Waals surface area contributed by atoms with Crippen molar-refractivity contribution in [3.05, 3.63) is 18.2 Å². The lowest BCUT2D eigenvalue weighted by molar-refractivity contribution is -0.121. The average molecular weight is 355 g/mol. The number of anilines is 1. The summed E-state index contributed by atoms with van der Waals surface area (Å²) in [7, 11) is -0.800. The number of ether oxygens (including phenoxy) is 1. The molecule has 0 heterocycles. The highest BCUT2D eigenvalue weighted by Gasteiger charge is 2.37. The standard InChI is InChI=1S/C16H25N3O4S/c1-4-23-13-8-7-12(11-14(13)24(21,22)19(2)3)18-15(20)16(17)9-5-6-10-16/h7-8,11H,4-6,9-10,17H2,1-3H3,(H,18,20). The molecule has 24 heavy (non-hydrogen) atoms. The second-order valence-corrected chi connectivity index (χ2v) is 8.32. The highest BCUT2D eigenvalue weighted by molar-refractivity contribution is 7.89. The zero-order valence-electron chi connectivity index (χ0n) is 14.3. The summed E-state index contributed by atoms with van der Waals surface area (Å²) < 4.78 is 31.5. The number of benzene rings is 1. The minimum atomic E-state index is -3.70. The van der Waals surface area contributed by atoms with Crippen molar-refractivity contribution in [1.29, 1.82) is 0 Å². The minimum absolute atomic E-state index is 0.0182. The van der Waals surface area contributed by atoms with E-state index in [1.807, 2.05) is 0 Å². The Morgan fingerprint density at radius 1 is 1.33 bits per heavy atom. The summed E-state index contributed by atoms with van der Waals surface area (Å²) in [6, 6.07) is 4.58. The van der Waals surface area contributed by atoms with Gasteiger partial charge in [-0.3, -0.25) is 4.79 Å². The minimum Gasteiger partial charge on any atom is -0.492 e. The van der Waals surface area contributed by atoms with Crippen molar-refractivity contribution in [2.45, 2.75) is 43.0 Å². The first-order valence-electron chi connectivity index (χ1n) is 8.00. The third-order valence-corrected chi connectivity index (χ3v) is 6.04. The molecule has 0 atom stereocenters. The molecule has 1 aliphatic rings. The number of rotatable bonds is 6.